The molecule has 0 radical (unpaired) electrons. The second-order valence-corrected chi connectivity index (χ2v) is 28.8. The monoisotopic (exact) mass is 1260 g/mol. The van der Waals surface area contributed by atoms with Gasteiger partial charge in [-0.3, -0.25) is 14.7 Å². The number of piperidine rings is 1. The molecule has 3 saturated heterocycles. The fourth-order valence-electron chi connectivity index (χ4n) is 15.9. The summed E-state index contributed by atoms with van der Waals surface area (Å²) in [6.45, 7) is 30.6. The molecule has 89 heavy (non-hydrogen) atoms. The molecule has 17 heteroatoms. The quantitative estimate of drug-likeness (QED) is 0.120. The van der Waals surface area contributed by atoms with Gasteiger partial charge in [0.25, 0.3) is 0 Å². The van der Waals surface area contributed by atoms with E-state index in [1.165, 1.54) is 74.9 Å². The van der Waals surface area contributed by atoms with Crippen molar-refractivity contribution in [2.75, 3.05) is 66.5 Å². The van der Waals surface area contributed by atoms with Crippen molar-refractivity contribution >= 4 is 23.2 Å². The molecule has 6 aliphatic rings. The van der Waals surface area contributed by atoms with Crippen molar-refractivity contribution in [2.45, 2.75) is 270 Å². The van der Waals surface area contributed by atoms with Crippen LogP contribution in [0, 0.1) is 23.7 Å². The van der Waals surface area contributed by atoms with Crippen molar-refractivity contribution in [1.29, 1.82) is 0 Å². The number of aliphatic imine (C=N–C) groups is 1. The lowest BCUT2D eigenvalue weighted by Gasteiger charge is -2.60. The van der Waals surface area contributed by atoms with Crippen LogP contribution in [-0.4, -0.2) is 162 Å². The molecule has 13 nitrogen and oxygen atoms in total. The fraction of sp³-hybridized carbons (Fsp3) is 0.778. The van der Waals surface area contributed by atoms with Gasteiger partial charge in [0, 0.05) is 168 Å². The Morgan fingerprint density at radius 2 is 1.53 bits per heavy atom. The normalized spacial score (nSPS) is 30.3. The third kappa shape index (κ3) is 20.7. The first-order chi connectivity index (χ1) is 42.7. The lowest BCUT2D eigenvalue weighted by atomic mass is 9.74. The summed E-state index contributed by atoms with van der Waals surface area (Å²) in [5, 5.41) is 23.9. The first-order valence-electron chi connectivity index (χ1n) is 35.6. The maximum Gasteiger partial charge on any atom is 0.417 e. The van der Waals surface area contributed by atoms with Gasteiger partial charge in [0.1, 0.15) is 0 Å². The summed E-state index contributed by atoms with van der Waals surface area (Å²) in [5.41, 5.74) is 3.33. The summed E-state index contributed by atoms with van der Waals surface area (Å²) in [6, 6.07) is 6.05. The van der Waals surface area contributed by atoms with Crippen molar-refractivity contribution in [3.63, 3.8) is 0 Å². The summed E-state index contributed by atoms with van der Waals surface area (Å²) in [7, 11) is 4.30. The van der Waals surface area contributed by atoms with Gasteiger partial charge in [-0.05, 0) is 153 Å². The molecule has 1 aromatic rings. The zero-order chi connectivity index (χ0) is 64.3. The topological polar surface area (TPSA) is 118 Å². The highest BCUT2D eigenvalue weighted by Crippen LogP contribution is 2.42. The number of likely N-dealkylation sites (tertiary alicyclic amines) is 1. The standard InChI is InChI=1S/C72H122ClF3N12O/c1-13-25-65-54(7)80-47-67-68(70(89)86-40-22-17-23-41-86)57(10)88(67)69(52(5)15-3)55(8)83-71(34-20-21-35-71)50-78-38-37-77-36-33-60(31-29-59-30-32-63(64(73)45-59)72(74,75)76)79-39-43-84(11)48-62(44-58-26-18-16-19-27-58)85(12)49-61-28-24-42-87(61)56(9)53(6)82-66(46-81-65)51(4)14-2/h30,32-33,36,39,43,45,48-49,51-58,65-69,77-78,80-83H,13-29,31,34-35,37-38,40-42,44,46-47,50H2,1-12H3/t51-,52-,53?,54?,55?,56-,57?,65-,66+,67?,68-,69-/m0/s1. The molecule has 4 aliphatic heterocycles. The Balaban J connectivity index is 1.19. The highest BCUT2D eigenvalue weighted by atomic mass is 35.5. The fourth-order valence-corrected chi connectivity index (χ4v) is 16.2. The van der Waals surface area contributed by atoms with Gasteiger partial charge < -0.3 is 51.5 Å². The van der Waals surface area contributed by atoms with Crippen LogP contribution in [0.1, 0.15) is 209 Å². The Morgan fingerprint density at radius 1 is 0.809 bits per heavy atom. The molecule has 0 aromatic heterocycles. The number of halogens is 4. The predicted molar refractivity (Wildman–Crippen MR) is 366 cm³/mol. The lowest BCUT2D eigenvalue weighted by molar-refractivity contribution is -0.162. The number of nitrogens with zero attached hydrogens (tertiary/aromatic N) is 6. The van der Waals surface area contributed by atoms with E-state index in [2.05, 4.69) is 152 Å². The van der Waals surface area contributed by atoms with Crippen LogP contribution in [0.2, 0.25) is 5.02 Å². The smallest absolute Gasteiger partial charge is 0.390 e. The number of carbonyl (C=O) groups excluding carboxylic acids is 1. The van der Waals surface area contributed by atoms with Gasteiger partial charge in [0.15, 0.2) is 0 Å². The van der Waals surface area contributed by atoms with Crippen molar-refractivity contribution in [2.24, 2.45) is 28.7 Å². The van der Waals surface area contributed by atoms with Gasteiger partial charge in [0.05, 0.1) is 16.5 Å². The maximum atomic E-state index is 14.8. The van der Waals surface area contributed by atoms with E-state index in [1.54, 1.807) is 0 Å². The number of hydrogen-bond donors (Lipinski definition) is 6. The minimum atomic E-state index is -4.51. The number of carbonyl (C=O) groups is 1. The largest absolute Gasteiger partial charge is 0.417 e. The maximum absolute atomic E-state index is 14.8. The minimum absolute atomic E-state index is 0.0379. The molecule has 12 atom stereocenters. The van der Waals surface area contributed by atoms with Crippen LogP contribution in [0.25, 0.3) is 0 Å². The summed E-state index contributed by atoms with van der Waals surface area (Å²) in [5.74, 6) is 1.85. The van der Waals surface area contributed by atoms with E-state index < -0.39 is 11.7 Å². The molecule has 7 rings (SSSR count). The lowest BCUT2D eigenvalue weighted by Crippen LogP contribution is -2.76. The zero-order valence-corrected chi connectivity index (χ0v) is 58.1. The van der Waals surface area contributed by atoms with Crippen LogP contribution in [0.4, 0.5) is 13.2 Å². The Labute approximate surface area is 543 Å². The second kappa shape index (κ2) is 35.6. The Bertz CT molecular complexity index is 2450. The van der Waals surface area contributed by atoms with E-state index in [0.29, 0.717) is 49.1 Å². The van der Waals surface area contributed by atoms with Crippen molar-refractivity contribution in [1.82, 2.24) is 56.4 Å². The number of benzene rings is 1. The third-order valence-electron chi connectivity index (χ3n) is 21.8. The number of allylic oxidation sites excluding steroid dienone is 3. The number of rotatable bonds is 12. The Hall–Kier alpha value is -3.64. The SMILES string of the molecule is CCC[C@@H]1NC[C@H]([C@@H](C)CC)NC(C)[C@H](C)N2CCCC2=CN(C)C(CC2CCCCC2)=CN(C)C=CN=C(CCc2ccc(C(F)(F)F)c(Cl)c2)C=CNCCNCC2(CCCC2)NC(C)[C@H]([C@@H](C)CC)N2C(C)[C@H](C(=O)N3CCCCC3)C2CNC1C. The zero-order valence-electron chi connectivity index (χ0n) is 57.3. The highest BCUT2D eigenvalue weighted by molar-refractivity contribution is 6.31. The average molecular weight is 1260 g/mol. The molecule has 1 spiro atoms. The molecular weight excluding hydrogens is 1140 g/mol. The van der Waals surface area contributed by atoms with Gasteiger partial charge in [-0.1, -0.05) is 116 Å². The van der Waals surface area contributed by atoms with Crippen LogP contribution in [0.3, 0.4) is 0 Å². The van der Waals surface area contributed by atoms with Gasteiger partial charge in [-0.25, -0.2) is 0 Å². The Morgan fingerprint density at radius 3 is 2.21 bits per heavy atom. The number of alkyl halides is 3. The number of hydrogen-bond acceptors (Lipinski definition) is 12. The first-order valence-corrected chi connectivity index (χ1v) is 35.9. The molecule has 2 aliphatic carbocycles. The molecule has 1 amide bonds. The summed E-state index contributed by atoms with van der Waals surface area (Å²) in [6.07, 6.45) is 30.9. The molecule has 504 valence electrons. The molecule has 0 bridgehead atoms. The second-order valence-electron chi connectivity index (χ2n) is 28.4. The van der Waals surface area contributed by atoms with Crippen molar-refractivity contribution in [3.8, 4) is 0 Å². The van der Waals surface area contributed by atoms with Crippen molar-refractivity contribution in [3.05, 3.63) is 82.8 Å². The van der Waals surface area contributed by atoms with E-state index in [-0.39, 0.29) is 64.8 Å². The van der Waals surface area contributed by atoms with Gasteiger partial charge in [-0.15, -0.1) is 0 Å². The van der Waals surface area contributed by atoms with E-state index in [4.69, 9.17) is 16.6 Å². The number of nitrogens with one attached hydrogen (secondary N) is 6. The average Bonchev–Trinajstić information content (AvgIpc) is 1.06. The van der Waals surface area contributed by atoms with Crippen molar-refractivity contribution < 1.29 is 18.0 Å². The van der Waals surface area contributed by atoms with E-state index in [1.807, 2.05) is 24.7 Å². The molecule has 5 unspecified atom stereocenters. The number of fused-ring (bicyclic) bond motifs is 2. The molecule has 5 fully saturated rings. The van der Waals surface area contributed by atoms with Gasteiger partial charge >= 0.3 is 6.18 Å². The molecular formula is C72H122ClF3N12O. The molecule has 6 N–H and O–H groups in total. The third-order valence-corrected chi connectivity index (χ3v) is 22.1. The van der Waals surface area contributed by atoms with Gasteiger partial charge in [-0.2, -0.15) is 13.2 Å². The molecule has 2 saturated carbocycles. The summed E-state index contributed by atoms with van der Waals surface area (Å²) >= 11 is 6.20. The van der Waals surface area contributed by atoms with Crippen LogP contribution >= 0.6 is 11.6 Å². The number of aryl methyl sites for hydroxylation is 1. The summed E-state index contributed by atoms with van der Waals surface area (Å²) < 4.78 is 41.0. The highest BCUT2D eigenvalue weighted by Gasteiger charge is 2.55. The van der Waals surface area contributed by atoms with E-state index in [0.717, 1.165) is 134 Å². The Kier molecular flexibility index (Phi) is 29.1. The van der Waals surface area contributed by atoms with E-state index >= 15 is 0 Å². The molecule has 1 aromatic carbocycles. The number of amides is 1. The predicted octanol–water partition coefficient (Wildman–Crippen LogP) is 13.4. The van der Waals surface area contributed by atoms with Crippen LogP contribution in [0.15, 0.2) is 71.7 Å². The first kappa shape index (κ1) is 72.8. The van der Waals surface area contributed by atoms with Crippen LogP contribution in [0.5, 0.6) is 0 Å². The minimum Gasteiger partial charge on any atom is -0.390 e. The van der Waals surface area contributed by atoms with E-state index in [9.17, 15) is 18.0 Å². The van der Waals surface area contributed by atoms with Crippen LogP contribution in [-0.2, 0) is 17.4 Å². The van der Waals surface area contributed by atoms with Crippen LogP contribution < -0.4 is 31.9 Å². The van der Waals surface area contributed by atoms with Gasteiger partial charge in [0.2, 0.25) is 5.91 Å². The summed E-state index contributed by atoms with van der Waals surface area (Å²) in [4.78, 5) is 32.0. The molecule has 4 heterocycles.